The Bertz CT molecular complexity index is 308. The van der Waals surface area contributed by atoms with E-state index in [1.807, 2.05) is 11.3 Å². The van der Waals surface area contributed by atoms with Crippen LogP contribution in [0.2, 0.25) is 0 Å². The van der Waals surface area contributed by atoms with E-state index in [9.17, 15) is 0 Å². The third-order valence-electron chi connectivity index (χ3n) is 3.59. The number of rotatable bonds is 7. The molecule has 2 rings (SSSR count). The van der Waals surface area contributed by atoms with Crippen molar-refractivity contribution in [1.29, 1.82) is 0 Å². The number of piperidine rings is 1. The molecule has 102 valence electrons. The molecule has 3 nitrogen and oxygen atoms in total. The van der Waals surface area contributed by atoms with Gasteiger partial charge in [-0.05, 0) is 43.3 Å². The number of likely N-dealkylation sites (tertiary alicyclic amines) is 1. The molecule has 0 unspecified atom stereocenters. The van der Waals surface area contributed by atoms with Crippen LogP contribution in [0.15, 0.2) is 17.5 Å². The van der Waals surface area contributed by atoms with Crippen molar-refractivity contribution in [3.63, 3.8) is 0 Å². The van der Waals surface area contributed by atoms with Crippen molar-refractivity contribution in [2.45, 2.75) is 19.4 Å². The molecular formula is C14H24N2OS. The van der Waals surface area contributed by atoms with E-state index in [0.29, 0.717) is 0 Å². The lowest BCUT2D eigenvalue weighted by Gasteiger charge is -2.31. The van der Waals surface area contributed by atoms with E-state index < -0.39 is 0 Å². The molecule has 0 amide bonds. The van der Waals surface area contributed by atoms with Crippen molar-refractivity contribution in [2.24, 2.45) is 5.92 Å². The van der Waals surface area contributed by atoms with Crippen LogP contribution in [0.5, 0.6) is 0 Å². The van der Waals surface area contributed by atoms with E-state index in [0.717, 1.165) is 25.6 Å². The lowest BCUT2D eigenvalue weighted by Crippen LogP contribution is -2.38. The highest BCUT2D eigenvalue weighted by Gasteiger charge is 2.18. The van der Waals surface area contributed by atoms with Crippen LogP contribution in [0.1, 0.15) is 17.7 Å². The van der Waals surface area contributed by atoms with Crippen LogP contribution >= 0.6 is 11.3 Å². The van der Waals surface area contributed by atoms with E-state index in [1.54, 1.807) is 7.11 Å². The quantitative estimate of drug-likeness (QED) is 0.767. The van der Waals surface area contributed by atoms with E-state index in [-0.39, 0.29) is 0 Å². The lowest BCUT2D eigenvalue weighted by atomic mass is 9.98. The average molecular weight is 268 g/mol. The zero-order valence-corrected chi connectivity index (χ0v) is 12.0. The molecular weight excluding hydrogens is 244 g/mol. The molecule has 1 saturated heterocycles. The smallest absolute Gasteiger partial charge is 0.0491 e. The highest BCUT2D eigenvalue weighted by atomic mass is 32.1. The van der Waals surface area contributed by atoms with Gasteiger partial charge in [-0.2, -0.15) is 0 Å². The fourth-order valence-electron chi connectivity index (χ4n) is 2.47. The summed E-state index contributed by atoms with van der Waals surface area (Å²) in [5.74, 6) is 0.783. The topological polar surface area (TPSA) is 24.5 Å². The average Bonchev–Trinajstić information content (AvgIpc) is 2.90. The van der Waals surface area contributed by atoms with Gasteiger partial charge in [-0.3, -0.25) is 0 Å². The maximum absolute atomic E-state index is 5.23. The molecule has 1 aromatic rings. The van der Waals surface area contributed by atoms with Gasteiger partial charge < -0.3 is 15.0 Å². The van der Waals surface area contributed by atoms with Gasteiger partial charge in [0.1, 0.15) is 0 Å². The van der Waals surface area contributed by atoms with Crippen LogP contribution in [0.25, 0.3) is 0 Å². The largest absolute Gasteiger partial charge is 0.384 e. The van der Waals surface area contributed by atoms with Gasteiger partial charge >= 0.3 is 0 Å². The molecule has 0 radical (unpaired) electrons. The minimum absolute atomic E-state index is 0.783. The Morgan fingerprint density at radius 3 is 2.94 bits per heavy atom. The molecule has 1 fully saturated rings. The molecule has 0 aromatic carbocycles. The second-order valence-electron chi connectivity index (χ2n) is 5.00. The van der Waals surface area contributed by atoms with Crippen molar-refractivity contribution in [1.82, 2.24) is 10.2 Å². The van der Waals surface area contributed by atoms with Crippen molar-refractivity contribution < 1.29 is 4.74 Å². The number of ether oxygens (including phenoxy) is 1. The van der Waals surface area contributed by atoms with Crippen molar-refractivity contribution in [2.75, 3.05) is 39.9 Å². The van der Waals surface area contributed by atoms with Crippen LogP contribution in [-0.2, 0) is 11.3 Å². The Balaban J connectivity index is 1.53. The summed E-state index contributed by atoms with van der Waals surface area (Å²) in [5, 5.41) is 5.65. The van der Waals surface area contributed by atoms with Crippen LogP contribution in [-0.4, -0.2) is 44.8 Å². The maximum Gasteiger partial charge on any atom is 0.0491 e. The van der Waals surface area contributed by atoms with Gasteiger partial charge in [0, 0.05) is 38.2 Å². The summed E-state index contributed by atoms with van der Waals surface area (Å²) in [7, 11) is 1.81. The Morgan fingerprint density at radius 1 is 1.44 bits per heavy atom. The monoisotopic (exact) mass is 268 g/mol. The van der Waals surface area contributed by atoms with E-state index >= 15 is 0 Å². The van der Waals surface area contributed by atoms with Crippen molar-refractivity contribution >= 4 is 11.3 Å². The van der Waals surface area contributed by atoms with Crippen LogP contribution in [0.3, 0.4) is 0 Å². The SMILES string of the molecule is COCC1CCN(CCNCc2cccs2)CC1. The zero-order valence-electron chi connectivity index (χ0n) is 11.2. The number of thiophene rings is 1. The van der Waals surface area contributed by atoms with Gasteiger partial charge in [0.25, 0.3) is 0 Å². The third-order valence-corrected chi connectivity index (χ3v) is 4.47. The predicted octanol–water partition coefficient (Wildman–Crippen LogP) is 2.20. The highest BCUT2D eigenvalue weighted by Crippen LogP contribution is 2.16. The molecule has 0 aliphatic carbocycles. The predicted molar refractivity (Wildman–Crippen MR) is 77.1 cm³/mol. The maximum atomic E-state index is 5.23. The Labute approximate surface area is 114 Å². The summed E-state index contributed by atoms with van der Waals surface area (Å²) in [6.07, 6.45) is 2.58. The van der Waals surface area contributed by atoms with Gasteiger partial charge in [-0.15, -0.1) is 11.3 Å². The first-order valence-electron chi connectivity index (χ1n) is 6.83. The Kier molecular flexibility index (Phi) is 6.14. The zero-order chi connectivity index (χ0) is 12.6. The third kappa shape index (κ3) is 4.69. The molecule has 18 heavy (non-hydrogen) atoms. The van der Waals surface area contributed by atoms with Gasteiger partial charge in [0.05, 0.1) is 0 Å². The van der Waals surface area contributed by atoms with E-state index in [4.69, 9.17) is 4.74 Å². The number of methoxy groups -OCH3 is 1. The van der Waals surface area contributed by atoms with Crippen molar-refractivity contribution in [3.8, 4) is 0 Å². The fraction of sp³-hybridized carbons (Fsp3) is 0.714. The summed E-state index contributed by atoms with van der Waals surface area (Å²) in [6, 6.07) is 4.30. The summed E-state index contributed by atoms with van der Waals surface area (Å²) >= 11 is 1.82. The summed E-state index contributed by atoms with van der Waals surface area (Å²) in [6.45, 7) is 6.67. The minimum atomic E-state index is 0.783. The molecule has 1 aliphatic heterocycles. The molecule has 4 heteroatoms. The number of nitrogens with one attached hydrogen (secondary N) is 1. The summed E-state index contributed by atoms with van der Waals surface area (Å²) < 4.78 is 5.23. The van der Waals surface area contributed by atoms with Gasteiger partial charge in [0.2, 0.25) is 0 Å². The van der Waals surface area contributed by atoms with Crippen LogP contribution in [0.4, 0.5) is 0 Å². The first-order chi connectivity index (χ1) is 8.88. The number of hydrogen-bond acceptors (Lipinski definition) is 4. The van der Waals surface area contributed by atoms with E-state index in [2.05, 4.69) is 27.7 Å². The molecule has 0 bridgehead atoms. The van der Waals surface area contributed by atoms with E-state index in [1.165, 1.54) is 37.4 Å². The highest BCUT2D eigenvalue weighted by molar-refractivity contribution is 7.09. The van der Waals surface area contributed by atoms with Gasteiger partial charge in [-0.1, -0.05) is 6.07 Å². The van der Waals surface area contributed by atoms with Gasteiger partial charge in [-0.25, -0.2) is 0 Å². The molecule has 2 heterocycles. The normalized spacial score (nSPS) is 18.3. The molecule has 1 aliphatic rings. The summed E-state index contributed by atoms with van der Waals surface area (Å²) in [5.41, 5.74) is 0. The number of nitrogens with zero attached hydrogens (tertiary/aromatic N) is 1. The van der Waals surface area contributed by atoms with Crippen LogP contribution < -0.4 is 5.32 Å². The van der Waals surface area contributed by atoms with Gasteiger partial charge in [0.15, 0.2) is 0 Å². The minimum Gasteiger partial charge on any atom is -0.384 e. The van der Waals surface area contributed by atoms with Crippen LogP contribution in [0, 0.1) is 5.92 Å². The Hall–Kier alpha value is -0.420. The second-order valence-corrected chi connectivity index (χ2v) is 6.03. The first-order valence-corrected chi connectivity index (χ1v) is 7.71. The molecule has 0 atom stereocenters. The van der Waals surface area contributed by atoms with Crippen molar-refractivity contribution in [3.05, 3.63) is 22.4 Å². The fourth-order valence-corrected chi connectivity index (χ4v) is 3.15. The second kappa shape index (κ2) is 7.89. The standard InChI is InChI=1S/C14H24N2OS/c1-17-12-13-4-7-16(8-5-13)9-6-15-11-14-3-2-10-18-14/h2-3,10,13,15H,4-9,11-12H2,1H3. The molecule has 0 spiro atoms. The molecule has 1 N–H and O–H groups in total. The molecule has 1 aromatic heterocycles. The number of hydrogen-bond donors (Lipinski definition) is 1. The lowest BCUT2D eigenvalue weighted by molar-refractivity contribution is 0.0998. The Morgan fingerprint density at radius 2 is 2.28 bits per heavy atom. The molecule has 0 saturated carbocycles. The first kappa shape index (κ1) is 14.0. The summed E-state index contributed by atoms with van der Waals surface area (Å²) in [4.78, 5) is 3.99.